The van der Waals surface area contributed by atoms with E-state index in [1.54, 1.807) is 18.3 Å². The Hall–Kier alpha value is -1.68. The lowest BCUT2D eigenvalue weighted by Crippen LogP contribution is -2.21. The molecule has 0 aliphatic heterocycles. The number of para-hydroxylation sites is 1. The van der Waals surface area contributed by atoms with Gasteiger partial charge in [-0.3, -0.25) is 14.2 Å². The second-order valence-electron chi connectivity index (χ2n) is 3.21. The fourth-order valence-corrected chi connectivity index (χ4v) is 1.91. The fraction of sp³-hybridized carbons (Fsp3) is 0. The summed E-state index contributed by atoms with van der Waals surface area (Å²) in [4.78, 5) is 22.5. The highest BCUT2D eigenvalue weighted by Gasteiger charge is 2.05. The van der Waals surface area contributed by atoms with Gasteiger partial charge in [0.05, 0.1) is 11.3 Å². The molecule has 0 aliphatic rings. The van der Waals surface area contributed by atoms with E-state index in [9.17, 15) is 9.59 Å². The summed E-state index contributed by atoms with van der Waals surface area (Å²) in [5.41, 5.74) is 0.554. The van der Waals surface area contributed by atoms with Crippen LogP contribution in [-0.4, -0.2) is 10.9 Å². The molecule has 0 bridgehead atoms. The summed E-state index contributed by atoms with van der Waals surface area (Å²) in [5.74, 6) is 0. The molecule has 80 valence electrons. The Balaban J connectivity index is 2.71. The Morgan fingerprint density at radius 1 is 1.12 bits per heavy atom. The van der Waals surface area contributed by atoms with E-state index in [1.807, 2.05) is 18.2 Å². The highest BCUT2D eigenvalue weighted by atomic mass is 79.9. The van der Waals surface area contributed by atoms with Crippen LogP contribution in [0.4, 0.5) is 0 Å². The summed E-state index contributed by atoms with van der Waals surface area (Å²) in [6.45, 7) is 0. The topological polar surface area (TPSA) is 39.1 Å². The van der Waals surface area contributed by atoms with Crippen LogP contribution in [0, 0.1) is 0 Å². The highest BCUT2D eigenvalue weighted by Crippen LogP contribution is 2.18. The van der Waals surface area contributed by atoms with Crippen LogP contribution in [0.25, 0.3) is 5.69 Å². The van der Waals surface area contributed by atoms with Crippen molar-refractivity contribution in [3.63, 3.8) is 0 Å². The van der Waals surface area contributed by atoms with Gasteiger partial charge in [-0.25, -0.2) is 0 Å². The van der Waals surface area contributed by atoms with Crippen molar-refractivity contribution in [3.8, 4) is 5.69 Å². The van der Waals surface area contributed by atoms with Gasteiger partial charge in [0, 0.05) is 10.7 Å². The molecule has 1 aromatic heterocycles. The first-order valence-electron chi connectivity index (χ1n) is 4.66. The third-order valence-electron chi connectivity index (χ3n) is 2.22. The first kappa shape index (κ1) is 10.8. The minimum Gasteiger partial charge on any atom is -0.298 e. The number of carbonyl (C=O) groups excluding carboxylic acids is 1. The van der Waals surface area contributed by atoms with E-state index < -0.39 is 0 Å². The van der Waals surface area contributed by atoms with E-state index in [0.29, 0.717) is 6.29 Å². The van der Waals surface area contributed by atoms with E-state index in [1.165, 1.54) is 10.6 Å². The molecule has 2 aromatic rings. The Morgan fingerprint density at radius 2 is 1.88 bits per heavy atom. The van der Waals surface area contributed by atoms with Crippen LogP contribution in [0.3, 0.4) is 0 Å². The van der Waals surface area contributed by atoms with Crippen LogP contribution >= 0.6 is 15.9 Å². The molecule has 0 N–H and O–H groups in total. The zero-order valence-corrected chi connectivity index (χ0v) is 9.85. The van der Waals surface area contributed by atoms with Crippen molar-refractivity contribution in [2.75, 3.05) is 0 Å². The summed E-state index contributed by atoms with van der Waals surface area (Å²) < 4.78 is 2.24. The average Bonchev–Trinajstić information content (AvgIpc) is 2.31. The van der Waals surface area contributed by atoms with E-state index in [0.717, 1.165) is 10.2 Å². The first-order chi connectivity index (χ1) is 7.74. The monoisotopic (exact) mass is 277 g/mol. The number of nitrogens with zero attached hydrogens (tertiary/aromatic N) is 1. The van der Waals surface area contributed by atoms with Crippen LogP contribution in [0.5, 0.6) is 0 Å². The van der Waals surface area contributed by atoms with Gasteiger partial charge in [-0.05, 0) is 40.2 Å². The second-order valence-corrected chi connectivity index (χ2v) is 4.06. The minimum atomic E-state index is -0.315. The summed E-state index contributed by atoms with van der Waals surface area (Å²) in [6, 6.07) is 10.5. The van der Waals surface area contributed by atoms with Crippen LogP contribution in [0.2, 0.25) is 0 Å². The predicted molar refractivity (Wildman–Crippen MR) is 65.1 cm³/mol. The molecule has 2 rings (SSSR count). The molecule has 0 fully saturated rings. The van der Waals surface area contributed by atoms with Crippen LogP contribution in [-0.2, 0) is 0 Å². The van der Waals surface area contributed by atoms with E-state index in [-0.39, 0.29) is 11.1 Å². The molecular weight excluding hydrogens is 270 g/mol. The summed E-state index contributed by atoms with van der Waals surface area (Å²) >= 11 is 3.37. The van der Waals surface area contributed by atoms with Crippen molar-refractivity contribution in [1.29, 1.82) is 0 Å². The van der Waals surface area contributed by atoms with Crippen LogP contribution in [0.1, 0.15) is 10.4 Å². The molecule has 0 spiro atoms. The van der Waals surface area contributed by atoms with Gasteiger partial charge in [0.25, 0.3) is 5.56 Å². The number of carbonyl (C=O) groups is 1. The average molecular weight is 278 g/mol. The summed E-state index contributed by atoms with van der Waals surface area (Å²) in [5, 5.41) is 0. The number of aldehydes is 1. The quantitative estimate of drug-likeness (QED) is 0.791. The van der Waals surface area contributed by atoms with Crippen molar-refractivity contribution in [3.05, 3.63) is 63.0 Å². The molecule has 1 aromatic carbocycles. The van der Waals surface area contributed by atoms with Crippen molar-refractivity contribution in [1.82, 2.24) is 4.57 Å². The summed E-state index contributed by atoms with van der Waals surface area (Å²) in [7, 11) is 0. The Morgan fingerprint density at radius 3 is 2.56 bits per heavy atom. The minimum absolute atomic E-state index is 0.151. The molecule has 0 unspecified atom stereocenters. The maximum atomic E-state index is 11.9. The molecule has 0 saturated heterocycles. The molecule has 0 aliphatic carbocycles. The van der Waals surface area contributed by atoms with Gasteiger partial charge in [-0.2, -0.15) is 0 Å². The zero-order valence-electron chi connectivity index (χ0n) is 8.26. The number of aromatic nitrogens is 1. The lowest BCUT2D eigenvalue weighted by Gasteiger charge is -2.07. The first-order valence-corrected chi connectivity index (χ1v) is 5.45. The molecule has 1 heterocycles. The number of benzene rings is 1. The Kier molecular flexibility index (Phi) is 3.01. The zero-order chi connectivity index (χ0) is 11.5. The van der Waals surface area contributed by atoms with Gasteiger partial charge >= 0.3 is 0 Å². The van der Waals surface area contributed by atoms with Crippen LogP contribution in [0.15, 0.2) is 51.9 Å². The van der Waals surface area contributed by atoms with Gasteiger partial charge in [-0.1, -0.05) is 12.1 Å². The number of hydrogen-bond acceptors (Lipinski definition) is 2. The maximum Gasteiger partial charge on any atom is 0.265 e. The number of pyridine rings is 1. The van der Waals surface area contributed by atoms with Gasteiger partial charge in [0.1, 0.15) is 0 Å². The van der Waals surface area contributed by atoms with Crippen LogP contribution < -0.4 is 5.56 Å². The smallest absolute Gasteiger partial charge is 0.265 e. The van der Waals surface area contributed by atoms with Gasteiger partial charge in [-0.15, -0.1) is 0 Å². The lowest BCUT2D eigenvalue weighted by atomic mass is 10.2. The van der Waals surface area contributed by atoms with E-state index in [2.05, 4.69) is 15.9 Å². The van der Waals surface area contributed by atoms with Crippen molar-refractivity contribution < 1.29 is 4.79 Å². The Labute approximate surface area is 100 Å². The molecule has 0 atom stereocenters. The van der Waals surface area contributed by atoms with E-state index in [4.69, 9.17) is 0 Å². The molecule has 16 heavy (non-hydrogen) atoms. The highest BCUT2D eigenvalue weighted by molar-refractivity contribution is 9.10. The predicted octanol–water partition coefficient (Wildman–Crippen LogP) is 2.41. The Bertz CT molecular complexity index is 590. The molecule has 3 nitrogen and oxygen atoms in total. The summed E-state index contributed by atoms with van der Waals surface area (Å²) in [6.07, 6.45) is 2.20. The number of halogens is 1. The lowest BCUT2D eigenvalue weighted by molar-refractivity contribution is 0.112. The number of hydrogen-bond donors (Lipinski definition) is 0. The second kappa shape index (κ2) is 4.45. The molecule has 0 saturated carbocycles. The van der Waals surface area contributed by atoms with Crippen molar-refractivity contribution in [2.45, 2.75) is 0 Å². The van der Waals surface area contributed by atoms with Gasteiger partial charge < -0.3 is 0 Å². The van der Waals surface area contributed by atoms with Gasteiger partial charge in [0.15, 0.2) is 6.29 Å². The molecule has 0 radical (unpaired) electrons. The number of rotatable bonds is 2. The largest absolute Gasteiger partial charge is 0.298 e. The molecular formula is C12H8BrNO2. The van der Waals surface area contributed by atoms with Crippen molar-refractivity contribution >= 4 is 22.2 Å². The fourth-order valence-electron chi connectivity index (χ4n) is 1.44. The van der Waals surface area contributed by atoms with E-state index >= 15 is 0 Å². The van der Waals surface area contributed by atoms with Gasteiger partial charge in [0.2, 0.25) is 0 Å². The molecule has 4 heteroatoms. The normalized spacial score (nSPS) is 10.1. The third-order valence-corrected chi connectivity index (χ3v) is 2.89. The molecule has 0 amide bonds. The maximum absolute atomic E-state index is 11.9. The SMILES string of the molecule is O=Cc1cccn(-c2ccccc2Br)c1=O. The standard InChI is InChI=1S/C12H8BrNO2/c13-10-5-1-2-6-11(10)14-7-3-4-9(8-15)12(14)16/h1-8H. The third kappa shape index (κ3) is 1.84. The van der Waals surface area contributed by atoms with Crippen molar-refractivity contribution in [2.24, 2.45) is 0 Å².